The van der Waals surface area contributed by atoms with Crippen LogP contribution in [0.15, 0.2) is 48.5 Å². The summed E-state index contributed by atoms with van der Waals surface area (Å²) in [5.74, 6) is -0.237. The molecule has 0 bridgehead atoms. The summed E-state index contributed by atoms with van der Waals surface area (Å²) in [5, 5.41) is 14.3. The molecule has 0 spiro atoms. The van der Waals surface area contributed by atoms with E-state index >= 15 is 0 Å². The minimum Gasteiger partial charge on any atom is -0.354 e. The number of aryl methyl sites for hydroxylation is 1. The van der Waals surface area contributed by atoms with Crippen LogP contribution in [0.3, 0.4) is 0 Å². The van der Waals surface area contributed by atoms with Crippen molar-refractivity contribution in [1.29, 1.82) is 0 Å². The fraction of sp³-hybridized carbons (Fsp3) is 0.417. The van der Waals surface area contributed by atoms with Gasteiger partial charge in [0.05, 0.1) is 11.3 Å². The Morgan fingerprint density at radius 1 is 1.06 bits per heavy atom. The third-order valence-electron chi connectivity index (χ3n) is 5.20. The Balaban J connectivity index is 2.36. The Kier molecular flexibility index (Phi) is 8.73. The maximum absolute atomic E-state index is 13.4. The first kappa shape index (κ1) is 24.1. The second-order valence-electron chi connectivity index (χ2n) is 8.07. The predicted molar refractivity (Wildman–Crippen MR) is 120 cm³/mol. The Morgan fingerprint density at radius 2 is 1.68 bits per heavy atom. The molecule has 2 rings (SSSR count). The minimum absolute atomic E-state index is 0.0935. The lowest BCUT2D eigenvalue weighted by atomic mass is 10.0. The summed E-state index contributed by atoms with van der Waals surface area (Å²) in [6.45, 7) is 8.62. The zero-order valence-corrected chi connectivity index (χ0v) is 18.6. The van der Waals surface area contributed by atoms with Crippen molar-refractivity contribution in [2.75, 3.05) is 6.54 Å². The number of benzene rings is 2. The highest BCUT2D eigenvalue weighted by Crippen LogP contribution is 2.21. The summed E-state index contributed by atoms with van der Waals surface area (Å²) in [6.07, 6.45) is 0.301. The van der Waals surface area contributed by atoms with Crippen LogP contribution < -0.4 is 5.32 Å². The molecule has 31 heavy (non-hydrogen) atoms. The van der Waals surface area contributed by atoms with E-state index in [0.29, 0.717) is 18.5 Å². The number of para-hydroxylation sites is 1. The summed E-state index contributed by atoms with van der Waals surface area (Å²) in [5.41, 5.74) is 2.20. The highest BCUT2D eigenvalue weighted by molar-refractivity contribution is 5.88. The molecule has 0 heterocycles. The SMILES string of the molecule is CC[C@@H](C(=O)NCC(C)C)N(Cc1ccccc1C)C(=O)Cc1ccccc1[N+](=O)[O-]. The van der Waals surface area contributed by atoms with E-state index in [1.165, 1.54) is 6.07 Å². The number of hydrogen-bond acceptors (Lipinski definition) is 4. The van der Waals surface area contributed by atoms with Crippen LogP contribution in [0, 0.1) is 23.0 Å². The van der Waals surface area contributed by atoms with Gasteiger partial charge < -0.3 is 10.2 Å². The first-order valence-electron chi connectivity index (χ1n) is 10.6. The van der Waals surface area contributed by atoms with E-state index in [4.69, 9.17) is 0 Å². The lowest BCUT2D eigenvalue weighted by Gasteiger charge is -2.31. The van der Waals surface area contributed by atoms with Crippen molar-refractivity contribution < 1.29 is 14.5 Å². The molecule has 0 aliphatic heterocycles. The molecule has 2 aromatic rings. The van der Waals surface area contributed by atoms with E-state index in [2.05, 4.69) is 5.32 Å². The first-order chi connectivity index (χ1) is 14.7. The van der Waals surface area contributed by atoms with Crippen molar-refractivity contribution in [3.63, 3.8) is 0 Å². The quantitative estimate of drug-likeness (QED) is 0.459. The number of carbonyl (C=O) groups is 2. The predicted octanol–water partition coefficient (Wildman–Crippen LogP) is 4.03. The van der Waals surface area contributed by atoms with E-state index in [-0.39, 0.29) is 36.4 Å². The lowest BCUT2D eigenvalue weighted by molar-refractivity contribution is -0.385. The molecule has 166 valence electrons. The Morgan fingerprint density at radius 3 is 2.26 bits per heavy atom. The van der Waals surface area contributed by atoms with E-state index in [1.807, 2.05) is 52.0 Å². The van der Waals surface area contributed by atoms with Gasteiger partial charge in [-0.15, -0.1) is 0 Å². The van der Waals surface area contributed by atoms with Crippen molar-refractivity contribution in [3.8, 4) is 0 Å². The van der Waals surface area contributed by atoms with Crippen LogP contribution in [-0.4, -0.2) is 34.2 Å². The number of hydrogen-bond donors (Lipinski definition) is 1. The van der Waals surface area contributed by atoms with Gasteiger partial charge in [-0.3, -0.25) is 19.7 Å². The molecule has 0 saturated heterocycles. The second kappa shape index (κ2) is 11.2. The second-order valence-corrected chi connectivity index (χ2v) is 8.07. The molecule has 0 aliphatic rings. The van der Waals surface area contributed by atoms with Crippen LogP contribution in [-0.2, 0) is 22.6 Å². The number of rotatable bonds is 10. The Bertz CT molecular complexity index is 927. The van der Waals surface area contributed by atoms with Gasteiger partial charge in [-0.25, -0.2) is 0 Å². The monoisotopic (exact) mass is 425 g/mol. The van der Waals surface area contributed by atoms with Crippen molar-refractivity contribution in [1.82, 2.24) is 10.2 Å². The molecular weight excluding hydrogens is 394 g/mol. The summed E-state index contributed by atoms with van der Waals surface area (Å²) in [6, 6.07) is 13.3. The standard InChI is InChI=1S/C24H31N3O4/c1-5-21(24(29)25-15-17(2)3)26(16-20-12-7-6-10-18(20)4)23(28)14-19-11-8-9-13-22(19)27(30)31/h6-13,17,21H,5,14-16H2,1-4H3,(H,25,29)/t21-/m0/s1. The average Bonchev–Trinajstić information content (AvgIpc) is 2.73. The lowest BCUT2D eigenvalue weighted by Crippen LogP contribution is -2.50. The zero-order valence-electron chi connectivity index (χ0n) is 18.6. The van der Waals surface area contributed by atoms with Gasteiger partial charge >= 0.3 is 0 Å². The molecule has 0 unspecified atom stereocenters. The van der Waals surface area contributed by atoms with Crippen LogP contribution in [0.5, 0.6) is 0 Å². The van der Waals surface area contributed by atoms with Gasteiger partial charge in [-0.2, -0.15) is 0 Å². The molecule has 0 aromatic heterocycles. The van der Waals surface area contributed by atoms with Crippen molar-refractivity contribution in [3.05, 3.63) is 75.3 Å². The molecule has 0 radical (unpaired) electrons. The van der Waals surface area contributed by atoms with E-state index in [9.17, 15) is 19.7 Å². The maximum atomic E-state index is 13.4. The molecule has 7 heteroatoms. The fourth-order valence-electron chi connectivity index (χ4n) is 3.42. The van der Waals surface area contributed by atoms with E-state index in [1.54, 1.807) is 23.1 Å². The van der Waals surface area contributed by atoms with Crippen LogP contribution >= 0.6 is 0 Å². The number of nitro groups is 1. The van der Waals surface area contributed by atoms with Gasteiger partial charge in [0.2, 0.25) is 11.8 Å². The highest BCUT2D eigenvalue weighted by Gasteiger charge is 2.30. The number of nitro benzene ring substituents is 1. The van der Waals surface area contributed by atoms with Gasteiger partial charge in [0.15, 0.2) is 0 Å². The van der Waals surface area contributed by atoms with Crippen LogP contribution in [0.2, 0.25) is 0 Å². The first-order valence-corrected chi connectivity index (χ1v) is 10.6. The smallest absolute Gasteiger partial charge is 0.273 e. The summed E-state index contributed by atoms with van der Waals surface area (Å²) < 4.78 is 0. The topological polar surface area (TPSA) is 92.6 Å². The van der Waals surface area contributed by atoms with Gasteiger partial charge in [-0.1, -0.05) is 63.2 Å². The molecule has 7 nitrogen and oxygen atoms in total. The van der Waals surface area contributed by atoms with Crippen molar-refractivity contribution in [2.45, 2.75) is 53.1 Å². The minimum atomic E-state index is -0.659. The number of amides is 2. The Labute approximate surface area is 183 Å². The molecule has 0 aliphatic carbocycles. The summed E-state index contributed by atoms with van der Waals surface area (Å²) in [4.78, 5) is 38.7. The normalized spacial score (nSPS) is 11.8. The van der Waals surface area contributed by atoms with Crippen LogP contribution in [0.25, 0.3) is 0 Å². The third kappa shape index (κ3) is 6.64. The number of carbonyl (C=O) groups excluding carboxylic acids is 2. The van der Waals surface area contributed by atoms with Gasteiger partial charge in [-0.05, 0) is 30.4 Å². The molecule has 0 fully saturated rings. The van der Waals surface area contributed by atoms with Gasteiger partial charge in [0.1, 0.15) is 6.04 Å². The van der Waals surface area contributed by atoms with Gasteiger partial charge in [0.25, 0.3) is 5.69 Å². The van der Waals surface area contributed by atoms with Crippen LogP contribution in [0.1, 0.15) is 43.9 Å². The zero-order chi connectivity index (χ0) is 23.0. The summed E-state index contributed by atoms with van der Waals surface area (Å²) >= 11 is 0. The third-order valence-corrected chi connectivity index (χ3v) is 5.20. The number of nitrogens with one attached hydrogen (secondary N) is 1. The Hall–Kier alpha value is -3.22. The summed E-state index contributed by atoms with van der Waals surface area (Å²) in [7, 11) is 0. The largest absolute Gasteiger partial charge is 0.354 e. The molecule has 1 N–H and O–H groups in total. The fourth-order valence-corrected chi connectivity index (χ4v) is 3.42. The van der Waals surface area contributed by atoms with Crippen molar-refractivity contribution in [2.24, 2.45) is 5.92 Å². The average molecular weight is 426 g/mol. The molecule has 2 amide bonds. The molecular formula is C24H31N3O4. The molecule has 0 saturated carbocycles. The number of nitrogens with zero attached hydrogens (tertiary/aromatic N) is 2. The van der Waals surface area contributed by atoms with Gasteiger partial charge in [0, 0.05) is 24.7 Å². The van der Waals surface area contributed by atoms with Crippen molar-refractivity contribution >= 4 is 17.5 Å². The molecule has 2 aromatic carbocycles. The van der Waals surface area contributed by atoms with E-state index < -0.39 is 11.0 Å². The van der Waals surface area contributed by atoms with Crippen LogP contribution in [0.4, 0.5) is 5.69 Å². The molecule has 1 atom stereocenters. The maximum Gasteiger partial charge on any atom is 0.273 e. The van der Waals surface area contributed by atoms with E-state index in [0.717, 1.165) is 11.1 Å². The highest BCUT2D eigenvalue weighted by atomic mass is 16.6.